The molecule has 3 rings (SSSR count). The summed E-state index contributed by atoms with van der Waals surface area (Å²) in [5.74, 6) is 2.08. The molecule has 0 radical (unpaired) electrons. The number of halogens is 2. The van der Waals surface area contributed by atoms with Gasteiger partial charge in [-0.2, -0.15) is 0 Å². The standard InChI is InChI=1S/C19H33N5O.2ClH/c1-3-4-5-18-21-12-16(22-18)14-23-10-8-17-15(13-23)6-7-19(25)24(17)11-9-20-2;;/h12,15,17,20H,3-11,13-14H2,1-2H3,(H,21,22);2*1H/t15-,17+;;/m0../s1. The Bertz CT molecular complexity index is 568. The van der Waals surface area contributed by atoms with Crippen LogP contribution in [-0.4, -0.2) is 64.9 Å². The molecule has 2 aliphatic heterocycles. The van der Waals surface area contributed by atoms with Crippen LogP contribution in [0.2, 0.25) is 0 Å². The van der Waals surface area contributed by atoms with Crippen molar-refractivity contribution in [3.63, 3.8) is 0 Å². The molecule has 0 aliphatic carbocycles. The first-order chi connectivity index (χ1) is 12.2. The number of unbranched alkanes of at least 4 members (excludes halogenated alkanes) is 1. The van der Waals surface area contributed by atoms with E-state index in [-0.39, 0.29) is 24.8 Å². The Morgan fingerprint density at radius 2 is 2.15 bits per heavy atom. The third-order valence-corrected chi connectivity index (χ3v) is 5.67. The van der Waals surface area contributed by atoms with E-state index in [4.69, 9.17) is 0 Å². The van der Waals surface area contributed by atoms with Gasteiger partial charge in [0.15, 0.2) is 0 Å². The zero-order valence-corrected chi connectivity index (χ0v) is 18.2. The number of aryl methyl sites for hydroxylation is 1. The molecule has 1 aromatic rings. The number of nitrogens with zero attached hydrogens (tertiary/aromatic N) is 3. The number of likely N-dealkylation sites (tertiary alicyclic amines) is 2. The number of carbonyl (C=O) groups excluding carboxylic acids is 1. The van der Waals surface area contributed by atoms with Crippen LogP contribution in [0.25, 0.3) is 0 Å². The van der Waals surface area contributed by atoms with E-state index in [1.165, 1.54) is 18.5 Å². The maximum Gasteiger partial charge on any atom is 0.222 e. The monoisotopic (exact) mass is 419 g/mol. The van der Waals surface area contributed by atoms with E-state index >= 15 is 0 Å². The van der Waals surface area contributed by atoms with E-state index in [0.29, 0.717) is 24.3 Å². The van der Waals surface area contributed by atoms with Gasteiger partial charge in [0, 0.05) is 63.5 Å². The minimum absolute atomic E-state index is 0. The molecular weight excluding hydrogens is 385 g/mol. The number of piperidine rings is 2. The molecular formula is C19H35Cl2N5O. The molecule has 0 spiro atoms. The molecule has 1 aromatic heterocycles. The molecule has 3 heterocycles. The van der Waals surface area contributed by atoms with E-state index in [1.54, 1.807) is 0 Å². The summed E-state index contributed by atoms with van der Waals surface area (Å²) in [7, 11) is 1.95. The molecule has 2 fully saturated rings. The fourth-order valence-corrected chi connectivity index (χ4v) is 4.29. The van der Waals surface area contributed by atoms with Crippen LogP contribution < -0.4 is 5.32 Å². The van der Waals surface area contributed by atoms with E-state index < -0.39 is 0 Å². The first kappa shape index (κ1) is 24.2. The van der Waals surface area contributed by atoms with Crippen molar-refractivity contribution < 1.29 is 4.79 Å². The molecule has 27 heavy (non-hydrogen) atoms. The van der Waals surface area contributed by atoms with Crippen molar-refractivity contribution >= 4 is 30.7 Å². The highest BCUT2D eigenvalue weighted by Crippen LogP contribution is 2.31. The molecule has 0 aromatic carbocycles. The highest BCUT2D eigenvalue weighted by atomic mass is 35.5. The van der Waals surface area contributed by atoms with Gasteiger partial charge in [-0.1, -0.05) is 13.3 Å². The minimum atomic E-state index is 0. The normalized spacial score (nSPS) is 22.7. The number of imidazole rings is 1. The van der Waals surface area contributed by atoms with Crippen LogP contribution >= 0.6 is 24.8 Å². The third-order valence-electron chi connectivity index (χ3n) is 5.67. The van der Waals surface area contributed by atoms with E-state index in [0.717, 1.165) is 57.8 Å². The quantitative estimate of drug-likeness (QED) is 0.679. The number of carbonyl (C=O) groups is 1. The molecule has 0 saturated carbocycles. The average Bonchev–Trinajstić information content (AvgIpc) is 3.06. The molecule has 6 nitrogen and oxygen atoms in total. The van der Waals surface area contributed by atoms with Gasteiger partial charge in [0.1, 0.15) is 5.82 Å². The van der Waals surface area contributed by atoms with Crippen LogP contribution in [-0.2, 0) is 17.8 Å². The zero-order chi connectivity index (χ0) is 17.6. The second-order valence-corrected chi connectivity index (χ2v) is 7.54. The summed E-state index contributed by atoms with van der Waals surface area (Å²) in [5, 5.41) is 3.17. The predicted molar refractivity (Wildman–Crippen MR) is 114 cm³/mol. The Kier molecular flexibility index (Phi) is 10.7. The van der Waals surface area contributed by atoms with Crippen LogP contribution in [0, 0.1) is 5.92 Å². The Hall–Kier alpha value is -0.820. The fraction of sp³-hybridized carbons (Fsp3) is 0.789. The van der Waals surface area contributed by atoms with Crippen molar-refractivity contribution in [1.82, 2.24) is 25.1 Å². The van der Waals surface area contributed by atoms with Gasteiger partial charge in [-0.25, -0.2) is 4.98 Å². The third kappa shape index (κ3) is 6.34. The number of rotatable bonds is 8. The fourth-order valence-electron chi connectivity index (χ4n) is 4.29. The lowest BCUT2D eigenvalue weighted by Crippen LogP contribution is -2.56. The van der Waals surface area contributed by atoms with Gasteiger partial charge in [0.25, 0.3) is 0 Å². The van der Waals surface area contributed by atoms with Gasteiger partial charge in [0.2, 0.25) is 5.91 Å². The van der Waals surface area contributed by atoms with Gasteiger partial charge in [-0.3, -0.25) is 9.69 Å². The summed E-state index contributed by atoms with van der Waals surface area (Å²) in [6.45, 7) is 7.05. The molecule has 8 heteroatoms. The summed E-state index contributed by atoms with van der Waals surface area (Å²) in [4.78, 5) is 25.0. The van der Waals surface area contributed by atoms with Crippen LogP contribution in [0.1, 0.15) is 50.5 Å². The van der Waals surface area contributed by atoms with Gasteiger partial charge in [-0.15, -0.1) is 24.8 Å². The second-order valence-electron chi connectivity index (χ2n) is 7.54. The first-order valence-corrected chi connectivity index (χ1v) is 9.90. The van der Waals surface area contributed by atoms with Crippen LogP contribution in [0.5, 0.6) is 0 Å². The summed E-state index contributed by atoms with van der Waals surface area (Å²) < 4.78 is 0. The van der Waals surface area contributed by atoms with E-state index in [9.17, 15) is 4.79 Å². The van der Waals surface area contributed by atoms with Crippen LogP contribution in [0.15, 0.2) is 6.20 Å². The van der Waals surface area contributed by atoms with Crippen LogP contribution in [0.3, 0.4) is 0 Å². The molecule has 0 bridgehead atoms. The van der Waals surface area contributed by atoms with Crippen molar-refractivity contribution in [2.45, 2.75) is 58.0 Å². The lowest BCUT2D eigenvalue weighted by Gasteiger charge is -2.47. The molecule has 0 unspecified atom stereocenters. The SMILES string of the molecule is CCCCc1ncc(CN2CC[C@@H]3[C@@H](CCC(=O)N3CCNC)C2)[nH]1.Cl.Cl. The predicted octanol–water partition coefficient (Wildman–Crippen LogP) is 2.63. The number of hydrogen-bond acceptors (Lipinski definition) is 4. The molecule has 2 atom stereocenters. The Labute approximate surface area is 175 Å². The number of amides is 1. The van der Waals surface area contributed by atoms with Gasteiger partial charge >= 0.3 is 0 Å². The highest BCUT2D eigenvalue weighted by molar-refractivity contribution is 5.85. The van der Waals surface area contributed by atoms with Gasteiger partial charge in [0.05, 0.1) is 0 Å². The minimum Gasteiger partial charge on any atom is -0.345 e. The zero-order valence-electron chi connectivity index (χ0n) is 16.6. The number of aromatic nitrogens is 2. The number of H-pyrrole nitrogens is 1. The lowest BCUT2D eigenvalue weighted by molar-refractivity contribution is -0.141. The van der Waals surface area contributed by atoms with Gasteiger partial charge < -0.3 is 15.2 Å². The summed E-state index contributed by atoms with van der Waals surface area (Å²) >= 11 is 0. The van der Waals surface area contributed by atoms with Crippen LogP contribution in [0.4, 0.5) is 0 Å². The summed E-state index contributed by atoms with van der Waals surface area (Å²) in [5.41, 5.74) is 1.23. The summed E-state index contributed by atoms with van der Waals surface area (Å²) in [6.07, 6.45) is 8.29. The Morgan fingerprint density at radius 1 is 1.33 bits per heavy atom. The number of fused-ring (bicyclic) bond motifs is 1. The molecule has 2 aliphatic rings. The van der Waals surface area contributed by atoms with E-state index in [1.807, 2.05) is 13.2 Å². The Morgan fingerprint density at radius 3 is 2.89 bits per heavy atom. The maximum atomic E-state index is 12.3. The lowest BCUT2D eigenvalue weighted by atomic mass is 9.83. The highest BCUT2D eigenvalue weighted by Gasteiger charge is 2.38. The molecule has 2 saturated heterocycles. The van der Waals surface area contributed by atoms with Gasteiger partial charge in [-0.05, 0) is 32.2 Å². The van der Waals surface area contributed by atoms with Crippen molar-refractivity contribution in [1.29, 1.82) is 0 Å². The molecule has 2 N–H and O–H groups in total. The van der Waals surface area contributed by atoms with Crippen molar-refractivity contribution in [3.05, 3.63) is 17.7 Å². The molecule has 156 valence electrons. The second kappa shape index (κ2) is 11.9. The van der Waals surface area contributed by atoms with Crippen molar-refractivity contribution in [2.24, 2.45) is 5.92 Å². The number of nitrogens with one attached hydrogen (secondary N) is 2. The van der Waals surface area contributed by atoms with Crippen molar-refractivity contribution in [2.75, 3.05) is 33.2 Å². The van der Waals surface area contributed by atoms with E-state index in [2.05, 4.69) is 32.0 Å². The number of likely N-dealkylation sites (N-methyl/N-ethyl adjacent to an activating group) is 1. The molecule has 1 amide bonds. The Balaban J connectivity index is 0.00000182. The number of aromatic amines is 1. The first-order valence-electron chi connectivity index (χ1n) is 9.90. The van der Waals surface area contributed by atoms with Crippen molar-refractivity contribution in [3.8, 4) is 0 Å². The average molecular weight is 420 g/mol. The largest absolute Gasteiger partial charge is 0.345 e. The topological polar surface area (TPSA) is 64.3 Å². The number of hydrogen-bond donors (Lipinski definition) is 2. The summed E-state index contributed by atoms with van der Waals surface area (Å²) in [6, 6.07) is 0.438. The maximum absolute atomic E-state index is 12.3. The smallest absolute Gasteiger partial charge is 0.222 e.